The number of hydrazine groups is 1. The van der Waals surface area contributed by atoms with E-state index in [0.29, 0.717) is 12.2 Å². The highest BCUT2D eigenvalue weighted by atomic mass is 32.2. The lowest BCUT2D eigenvalue weighted by atomic mass is 10.4. The van der Waals surface area contributed by atoms with Crippen molar-refractivity contribution in [1.29, 1.82) is 0 Å². The summed E-state index contributed by atoms with van der Waals surface area (Å²) in [7, 11) is -3.67. The predicted molar refractivity (Wildman–Crippen MR) is 82.1 cm³/mol. The molecule has 1 aliphatic rings. The average Bonchev–Trinajstić information content (AvgIpc) is 3.20. The highest BCUT2D eigenvalue weighted by Crippen LogP contribution is 2.35. The second-order valence-electron chi connectivity index (χ2n) is 4.86. The van der Waals surface area contributed by atoms with Gasteiger partial charge in [0, 0.05) is 23.7 Å². The molecular formula is C13H16N4O2S2. The van der Waals surface area contributed by atoms with E-state index in [0.717, 1.165) is 17.7 Å². The zero-order valence-corrected chi connectivity index (χ0v) is 12.9. The predicted octanol–water partition coefficient (Wildman–Crippen LogP) is 1.78. The van der Waals surface area contributed by atoms with Crippen molar-refractivity contribution in [2.45, 2.75) is 30.5 Å². The van der Waals surface area contributed by atoms with Gasteiger partial charge in [0.25, 0.3) is 10.0 Å². The lowest BCUT2D eigenvalue weighted by molar-refractivity contribution is 0.400. The molecule has 2 aromatic rings. The average molecular weight is 324 g/mol. The van der Waals surface area contributed by atoms with Crippen molar-refractivity contribution in [2.75, 3.05) is 5.43 Å². The smallest absolute Gasteiger partial charge is 0.263 e. The van der Waals surface area contributed by atoms with E-state index in [1.807, 2.05) is 17.5 Å². The van der Waals surface area contributed by atoms with E-state index in [1.54, 1.807) is 23.5 Å². The summed E-state index contributed by atoms with van der Waals surface area (Å²) in [5.41, 5.74) is 2.72. The van der Waals surface area contributed by atoms with Crippen molar-refractivity contribution < 1.29 is 8.42 Å². The Morgan fingerprint density at radius 2 is 2.19 bits per heavy atom. The van der Waals surface area contributed by atoms with Gasteiger partial charge >= 0.3 is 0 Å². The fraction of sp³-hybridized carbons (Fsp3) is 0.308. The molecular weight excluding hydrogens is 308 g/mol. The molecule has 0 radical (unpaired) electrons. The van der Waals surface area contributed by atoms with Gasteiger partial charge in [0.15, 0.2) is 5.03 Å². The molecule has 3 rings (SSSR count). The summed E-state index contributed by atoms with van der Waals surface area (Å²) in [6.45, 7) is 0.380. The third-order valence-electron chi connectivity index (χ3n) is 3.33. The van der Waals surface area contributed by atoms with E-state index in [1.165, 1.54) is 10.5 Å². The van der Waals surface area contributed by atoms with Crippen molar-refractivity contribution in [2.24, 2.45) is 5.84 Å². The maximum absolute atomic E-state index is 12.9. The number of anilines is 1. The molecule has 0 atom stereocenters. The van der Waals surface area contributed by atoms with Gasteiger partial charge in [-0.25, -0.2) is 13.4 Å². The standard InChI is InChI=1S/C13H16N4O2S2/c14-16-12-4-1-7-15-13(12)21(18,19)17(10-5-6-10)9-11-3-2-8-20-11/h1-4,7-8,10,16H,5-6,9,14H2. The Kier molecular flexibility index (Phi) is 3.94. The third-order valence-corrected chi connectivity index (χ3v) is 6.05. The maximum atomic E-state index is 12.9. The highest BCUT2D eigenvalue weighted by Gasteiger charge is 2.39. The minimum absolute atomic E-state index is 0.0176. The van der Waals surface area contributed by atoms with Crippen LogP contribution in [0.5, 0.6) is 0 Å². The van der Waals surface area contributed by atoms with Crippen LogP contribution >= 0.6 is 11.3 Å². The summed E-state index contributed by atoms with van der Waals surface area (Å²) in [6, 6.07) is 7.18. The first-order valence-electron chi connectivity index (χ1n) is 6.59. The number of thiophene rings is 1. The van der Waals surface area contributed by atoms with Gasteiger partial charge in [0.1, 0.15) is 0 Å². The fourth-order valence-corrected chi connectivity index (χ4v) is 4.66. The van der Waals surface area contributed by atoms with E-state index in [-0.39, 0.29) is 11.1 Å². The van der Waals surface area contributed by atoms with Gasteiger partial charge in [-0.1, -0.05) is 6.07 Å². The summed E-state index contributed by atoms with van der Waals surface area (Å²) in [5, 5.41) is 1.93. The van der Waals surface area contributed by atoms with Gasteiger partial charge in [-0.2, -0.15) is 4.31 Å². The number of nitrogens with one attached hydrogen (secondary N) is 1. The molecule has 0 amide bonds. The van der Waals surface area contributed by atoms with Crippen molar-refractivity contribution in [3.8, 4) is 0 Å². The summed E-state index contributed by atoms with van der Waals surface area (Å²) >= 11 is 1.55. The molecule has 0 aromatic carbocycles. The SMILES string of the molecule is NNc1cccnc1S(=O)(=O)N(Cc1cccs1)C1CC1. The molecule has 0 unspecified atom stereocenters. The molecule has 112 valence electrons. The van der Waals surface area contributed by atoms with Gasteiger partial charge < -0.3 is 5.43 Å². The normalized spacial score (nSPS) is 15.3. The van der Waals surface area contributed by atoms with Gasteiger partial charge in [0.2, 0.25) is 0 Å². The first-order chi connectivity index (χ1) is 10.1. The number of hydrogen-bond donors (Lipinski definition) is 2. The van der Waals surface area contributed by atoms with Crippen LogP contribution in [0.1, 0.15) is 17.7 Å². The first-order valence-corrected chi connectivity index (χ1v) is 8.91. The van der Waals surface area contributed by atoms with E-state index in [4.69, 9.17) is 5.84 Å². The Labute approximate surface area is 127 Å². The Bertz CT molecular complexity index is 712. The van der Waals surface area contributed by atoms with Gasteiger partial charge in [-0.3, -0.25) is 5.84 Å². The maximum Gasteiger partial charge on any atom is 0.263 e. The number of rotatable bonds is 6. The minimum atomic E-state index is -3.67. The molecule has 0 bridgehead atoms. The lowest BCUT2D eigenvalue weighted by Crippen LogP contribution is -2.33. The van der Waals surface area contributed by atoms with Crippen LogP contribution in [0, 0.1) is 0 Å². The quantitative estimate of drug-likeness (QED) is 0.624. The lowest BCUT2D eigenvalue weighted by Gasteiger charge is -2.21. The Hall–Kier alpha value is -1.48. The Morgan fingerprint density at radius 1 is 1.38 bits per heavy atom. The van der Waals surface area contributed by atoms with Crippen LogP contribution in [0.3, 0.4) is 0 Å². The van der Waals surface area contributed by atoms with Crippen LogP contribution in [0.25, 0.3) is 0 Å². The number of pyridine rings is 1. The monoisotopic (exact) mass is 324 g/mol. The molecule has 2 heterocycles. The molecule has 2 aromatic heterocycles. The van der Waals surface area contributed by atoms with Crippen molar-refractivity contribution >= 4 is 27.0 Å². The van der Waals surface area contributed by atoms with Crippen molar-refractivity contribution in [3.05, 3.63) is 40.7 Å². The number of nitrogens with zero attached hydrogens (tertiary/aromatic N) is 2. The summed E-state index contributed by atoms with van der Waals surface area (Å²) in [4.78, 5) is 5.03. The molecule has 0 aliphatic heterocycles. The zero-order chi connectivity index (χ0) is 14.9. The Morgan fingerprint density at radius 3 is 2.81 bits per heavy atom. The molecule has 0 spiro atoms. The van der Waals surface area contributed by atoms with Crippen LogP contribution in [0.2, 0.25) is 0 Å². The van der Waals surface area contributed by atoms with E-state index < -0.39 is 10.0 Å². The first kappa shape index (κ1) is 14.5. The summed E-state index contributed by atoms with van der Waals surface area (Å²) < 4.78 is 27.3. The molecule has 1 fully saturated rings. The molecule has 8 heteroatoms. The van der Waals surface area contributed by atoms with Crippen LogP contribution in [-0.4, -0.2) is 23.7 Å². The van der Waals surface area contributed by atoms with Crippen LogP contribution in [-0.2, 0) is 16.6 Å². The van der Waals surface area contributed by atoms with E-state index in [2.05, 4.69) is 10.4 Å². The van der Waals surface area contributed by atoms with E-state index in [9.17, 15) is 8.42 Å². The number of aromatic nitrogens is 1. The molecule has 1 aliphatic carbocycles. The number of nitrogens with two attached hydrogens (primary N) is 1. The Balaban J connectivity index is 1.97. The highest BCUT2D eigenvalue weighted by molar-refractivity contribution is 7.89. The van der Waals surface area contributed by atoms with E-state index >= 15 is 0 Å². The van der Waals surface area contributed by atoms with Gasteiger partial charge in [0.05, 0.1) is 5.69 Å². The number of nitrogen functional groups attached to an aromatic ring is 1. The zero-order valence-electron chi connectivity index (χ0n) is 11.3. The topological polar surface area (TPSA) is 88.3 Å². The van der Waals surface area contributed by atoms with Crippen LogP contribution in [0.4, 0.5) is 5.69 Å². The van der Waals surface area contributed by atoms with Crippen LogP contribution in [0.15, 0.2) is 40.9 Å². The van der Waals surface area contributed by atoms with Gasteiger partial charge in [-0.15, -0.1) is 11.3 Å². The molecule has 6 nitrogen and oxygen atoms in total. The third kappa shape index (κ3) is 2.93. The van der Waals surface area contributed by atoms with Gasteiger partial charge in [-0.05, 0) is 36.4 Å². The fourth-order valence-electron chi connectivity index (χ4n) is 2.15. The molecule has 0 saturated heterocycles. The number of hydrogen-bond acceptors (Lipinski definition) is 6. The largest absolute Gasteiger partial charge is 0.321 e. The summed E-state index contributed by atoms with van der Waals surface area (Å²) in [5.74, 6) is 5.40. The number of sulfonamides is 1. The molecule has 3 N–H and O–H groups in total. The van der Waals surface area contributed by atoms with Crippen molar-refractivity contribution in [1.82, 2.24) is 9.29 Å². The summed E-state index contributed by atoms with van der Waals surface area (Å²) in [6.07, 6.45) is 3.25. The molecule has 21 heavy (non-hydrogen) atoms. The minimum Gasteiger partial charge on any atom is -0.321 e. The van der Waals surface area contributed by atoms with Crippen molar-refractivity contribution in [3.63, 3.8) is 0 Å². The second kappa shape index (κ2) is 5.72. The second-order valence-corrected chi connectivity index (χ2v) is 7.70. The van der Waals surface area contributed by atoms with Crippen LogP contribution < -0.4 is 11.3 Å². The molecule has 1 saturated carbocycles.